The molecule has 6 nitrogen and oxygen atoms in total. The van der Waals surface area contributed by atoms with Crippen molar-refractivity contribution in [1.82, 2.24) is 14.7 Å². The first-order valence-electron chi connectivity index (χ1n) is 5.70. The number of hydrogen-bond acceptors (Lipinski definition) is 3. The van der Waals surface area contributed by atoms with E-state index in [1.54, 1.807) is 26.2 Å². The van der Waals surface area contributed by atoms with Crippen LogP contribution in [0, 0.1) is 0 Å². The first kappa shape index (κ1) is 14.1. The predicted molar refractivity (Wildman–Crippen MR) is 73.6 cm³/mol. The highest BCUT2D eigenvalue weighted by atomic mass is 35.5. The summed E-state index contributed by atoms with van der Waals surface area (Å²) >= 11 is 5.79. The average Bonchev–Trinajstić information content (AvgIpc) is 2.86. The molecule has 0 aliphatic carbocycles. The highest BCUT2D eigenvalue weighted by Gasteiger charge is 2.16. The van der Waals surface area contributed by atoms with Crippen LogP contribution in [0.5, 0.6) is 0 Å². The van der Waals surface area contributed by atoms with Gasteiger partial charge in [-0.2, -0.15) is 5.10 Å². The molecule has 1 amide bonds. The van der Waals surface area contributed by atoms with Crippen LogP contribution in [0.25, 0.3) is 5.69 Å². The molecule has 0 saturated heterocycles. The summed E-state index contributed by atoms with van der Waals surface area (Å²) in [4.78, 5) is 24.4. The van der Waals surface area contributed by atoms with Gasteiger partial charge in [-0.3, -0.25) is 4.79 Å². The highest BCUT2D eigenvalue weighted by Crippen LogP contribution is 2.19. The van der Waals surface area contributed by atoms with Crippen LogP contribution in [-0.4, -0.2) is 45.8 Å². The van der Waals surface area contributed by atoms with E-state index in [0.717, 1.165) is 0 Å². The van der Waals surface area contributed by atoms with Gasteiger partial charge in [-0.25, -0.2) is 9.48 Å². The molecule has 0 bridgehead atoms. The molecule has 104 valence electrons. The molecule has 1 aromatic heterocycles. The zero-order valence-electron chi connectivity index (χ0n) is 10.9. The van der Waals surface area contributed by atoms with Gasteiger partial charge in [0.1, 0.15) is 0 Å². The number of carboxylic acid groups (broad SMARTS) is 1. The average molecular weight is 294 g/mol. The second kappa shape index (κ2) is 5.34. The lowest BCUT2D eigenvalue weighted by Crippen LogP contribution is -2.22. The summed E-state index contributed by atoms with van der Waals surface area (Å²) in [5.74, 6) is -1.37. The summed E-state index contributed by atoms with van der Waals surface area (Å²) in [5.41, 5.74) is 0.602. The summed E-state index contributed by atoms with van der Waals surface area (Å²) in [6.45, 7) is 0. The van der Waals surface area contributed by atoms with Gasteiger partial charge >= 0.3 is 5.97 Å². The molecule has 20 heavy (non-hydrogen) atoms. The Kier molecular flexibility index (Phi) is 3.76. The zero-order valence-corrected chi connectivity index (χ0v) is 11.6. The van der Waals surface area contributed by atoms with Crippen LogP contribution in [0.1, 0.15) is 20.8 Å². The van der Waals surface area contributed by atoms with Crippen LogP contribution in [0.15, 0.2) is 30.5 Å². The Labute approximate surface area is 120 Å². The molecule has 2 aromatic rings. The number of carbonyl (C=O) groups is 2. The summed E-state index contributed by atoms with van der Waals surface area (Å²) in [6, 6.07) is 5.98. The number of amides is 1. The van der Waals surface area contributed by atoms with E-state index in [9.17, 15) is 14.7 Å². The molecular formula is C13H12ClN3O3. The molecule has 2 rings (SSSR count). The molecule has 0 aliphatic heterocycles. The van der Waals surface area contributed by atoms with E-state index >= 15 is 0 Å². The third kappa shape index (κ3) is 2.65. The largest absolute Gasteiger partial charge is 0.478 e. The van der Waals surface area contributed by atoms with Crippen molar-refractivity contribution in [3.8, 4) is 5.69 Å². The Bertz CT molecular complexity index is 679. The number of halogens is 1. The molecule has 0 unspecified atom stereocenters. The lowest BCUT2D eigenvalue weighted by Gasteiger charge is -2.08. The maximum absolute atomic E-state index is 11.8. The Morgan fingerprint density at radius 3 is 2.60 bits per heavy atom. The van der Waals surface area contributed by atoms with E-state index in [1.165, 1.54) is 27.9 Å². The van der Waals surface area contributed by atoms with Gasteiger partial charge in [-0.05, 0) is 24.3 Å². The molecule has 0 aliphatic rings. The van der Waals surface area contributed by atoms with Crippen molar-refractivity contribution in [1.29, 1.82) is 0 Å². The van der Waals surface area contributed by atoms with Gasteiger partial charge in [-0.15, -0.1) is 0 Å². The van der Waals surface area contributed by atoms with Crippen molar-refractivity contribution in [2.24, 2.45) is 0 Å². The smallest absolute Gasteiger partial charge is 0.337 e. The first-order valence-corrected chi connectivity index (χ1v) is 6.08. The fraction of sp³-hybridized carbons (Fsp3) is 0.154. The van der Waals surface area contributed by atoms with Gasteiger partial charge in [0.15, 0.2) is 5.69 Å². The summed E-state index contributed by atoms with van der Waals surface area (Å²) < 4.78 is 1.34. The standard InChI is InChI=1S/C13H12ClN3O3/c1-16(2)12(18)10-5-6-17(15-10)11-4-3-8(14)7-9(11)13(19)20/h3-7H,1-2H3,(H,19,20). The number of carboxylic acids is 1. The van der Waals surface area contributed by atoms with Crippen molar-refractivity contribution in [2.45, 2.75) is 0 Å². The topological polar surface area (TPSA) is 75.4 Å². The molecule has 1 aromatic carbocycles. The maximum Gasteiger partial charge on any atom is 0.337 e. The zero-order chi connectivity index (χ0) is 14.9. The van der Waals surface area contributed by atoms with Crippen LogP contribution in [0.3, 0.4) is 0 Å². The van der Waals surface area contributed by atoms with Gasteiger partial charge in [0, 0.05) is 25.3 Å². The van der Waals surface area contributed by atoms with Crippen molar-refractivity contribution in [2.75, 3.05) is 14.1 Å². The van der Waals surface area contributed by atoms with E-state index in [-0.39, 0.29) is 17.2 Å². The molecular weight excluding hydrogens is 282 g/mol. The molecule has 0 fully saturated rings. The molecule has 0 atom stereocenters. The number of aromatic carboxylic acids is 1. The monoisotopic (exact) mass is 293 g/mol. The van der Waals surface area contributed by atoms with Crippen molar-refractivity contribution < 1.29 is 14.7 Å². The minimum Gasteiger partial charge on any atom is -0.478 e. The van der Waals surface area contributed by atoms with Gasteiger partial charge in [0.2, 0.25) is 0 Å². The van der Waals surface area contributed by atoms with Crippen molar-refractivity contribution in [3.05, 3.63) is 46.7 Å². The SMILES string of the molecule is CN(C)C(=O)c1ccn(-c2ccc(Cl)cc2C(=O)O)n1. The fourth-order valence-electron chi connectivity index (χ4n) is 1.68. The van der Waals surface area contributed by atoms with Gasteiger partial charge in [0.25, 0.3) is 5.91 Å². The minimum absolute atomic E-state index is 0.0180. The first-order chi connectivity index (χ1) is 9.40. The summed E-state index contributed by atoms with van der Waals surface area (Å²) in [5, 5.41) is 13.6. The highest BCUT2D eigenvalue weighted by molar-refractivity contribution is 6.31. The van der Waals surface area contributed by atoms with Gasteiger partial charge in [0.05, 0.1) is 11.3 Å². The second-order valence-corrected chi connectivity index (χ2v) is 4.75. The van der Waals surface area contributed by atoms with Crippen LogP contribution in [-0.2, 0) is 0 Å². The second-order valence-electron chi connectivity index (χ2n) is 4.31. The predicted octanol–water partition coefficient (Wildman–Crippen LogP) is 1.93. The Balaban J connectivity index is 2.48. The number of benzene rings is 1. The van der Waals surface area contributed by atoms with Crippen LogP contribution in [0.4, 0.5) is 0 Å². The fourth-order valence-corrected chi connectivity index (χ4v) is 1.85. The van der Waals surface area contributed by atoms with Crippen LogP contribution < -0.4 is 0 Å². The van der Waals surface area contributed by atoms with Crippen molar-refractivity contribution in [3.63, 3.8) is 0 Å². The molecule has 7 heteroatoms. The van der Waals surface area contributed by atoms with Gasteiger partial charge in [-0.1, -0.05) is 11.6 Å². The number of aromatic nitrogens is 2. The molecule has 1 heterocycles. The lowest BCUT2D eigenvalue weighted by atomic mass is 10.2. The normalized spacial score (nSPS) is 10.3. The quantitative estimate of drug-likeness (QED) is 0.938. The number of nitrogens with zero attached hydrogens (tertiary/aromatic N) is 3. The van der Waals surface area contributed by atoms with E-state index in [0.29, 0.717) is 10.7 Å². The lowest BCUT2D eigenvalue weighted by molar-refractivity contribution is 0.0696. The number of hydrogen-bond donors (Lipinski definition) is 1. The molecule has 0 radical (unpaired) electrons. The van der Waals surface area contributed by atoms with E-state index < -0.39 is 5.97 Å². The van der Waals surface area contributed by atoms with Gasteiger partial charge < -0.3 is 10.0 Å². The minimum atomic E-state index is -1.11. The molecule has 0 spiro atoms. The Morgan fingerprint density at radius 2 is 2.00 bits per heavy atom. The van der Waals surface area contributed by atoms with E-state index in [4.69, 9.17) is 11.6 Å². The maximum atomic E-state index is 11.8. The Hall–Kier alpha value is -2.34. The summed E-state index contributed by atoms with van der Waals surface area (Å²) in [6.07, 6.45) is 1.53. The number of carbonyl (C=O) groups excluding carboxylic acids is 1. The van der Waals surface area contributed by atoms with E-state index in [2.05, 4.69) is 5.10 Å². The molecule has 0 saturated carbocycles. The molecule has 1 N–H and O–H groups in total. The van der Waals surface area contributed by atoms with Crippen LogP contribution in [0.2, 0.25) is 5.02 Å². The summed E-state index contributed by atoms with van der Waals surface area (Å²) in [7, 11) is 3.23. The van der Waals surface area contributed by atoms with Crippen LogP contribution >= 0.6 is 11.6 Å². The third-order valence-corrected chi connectivity index (χ3v) is 2.89. The number of rotatable bonds is 3. The third-order valence-electron chi connectivity index (χ3n) is 2.65. The van der Waals surface area contributed by atoms with E-state index in [1.807, 2.05) is 0 Å². The van der Waals surface area contributed by atoms with Crippen molar-refractivity contribution >= 4 is 23.5 Å². The Morgan fingerprint density at radius 1 is 1.30 bits per heavy atom.